The lowest BCUT2D eigenvalue weighted by Crippen LogP contribution is -2.68. The highest BCUT2D eigenvalue weighted by molar-refractivity contribution is 7.06. The molecule has 12 aromatic carbocycles. The normalized spacial score (nSPS) is 15.1. The molecule has 9 aliphatic rings. The van der Waals surface area contributed by atoms with Crippen LogP contribution < -0.4 is 94.6 Å². The quantitative estimate of drug-likeness (QED) is 0.159. The second-order valence-electron chi connectivity index (χ2n) is 25.5. The summed E-state index contributed by atoms with van der Waals surface area (Å²) >= 11 is 0. The van der Waals surface area contributed by atoms with E-state index in [1.807, 2.05) is 12.1 Å². The van der Waals surface area contributed by atoms with Crippen LogP contribution in [-0.2, 0) is 5.41 Å². The van der Waals surface area contributed by atoms with Crippen molar-refractivity contribution in [2.75, 3.05) is 19.6 Å². The summed E-state index contributed by atoms with van der Waals surface area (Å²) in [5.41, 5.74) is 31.2. The number of anilines is 12. The Morgan fingerprint density at radius 2 is 0.652 bits per heavy atom. The van der Waals surface area contributed by atoms with E-state index in [4.69, 9.17) is 9.47 Å². The van der Waals surface area contributed by atoms with Crippen LogP contribution in [0.25, 0.3) is 11.1 Å². The highest BCUT2D eigenvalue weighted by atomic mass is 16.5. The van der Waals surface area contributed by atoms with Crippen LogP contribution in [-0.4, -0.2) is 26.9 Å². The average molecular weight is 1130 g/mol. The van der Waals surface area contributed by atoms with Crippen LogP contribution in [0.3, 0.4) is 0 Å². The minimum Gasteiger partial charge on any atom is -0.457 e. The number of nitriles is 2. The van der Waals surface area contributed by atoms with Gasteiger partial charge in [-0.2, -0.15) is 10.5 Å². The minimum absolute atomic E-state index is 0.169. The Morgan fingerprint density at radius 1 is 0.326 bits per heavy atom. The monoisotopic (exact) mass is 1130 g/mol. The number of benzene rings is 12. The molecule has 21 rings (SSSR count). The molecule has 1 aliphatic carbocycles. The molecule has 0 saturated heterocycles. The first kappa shape index (κ1) is 47.9. The maximum Gasteiger partial charge on any atom is 0.256 e. The van der Waals surface area contributed by atoms with Gasteiger partial charge < -0.3 is 29.1 Å². The number of para-hydroxylation sites is 8. The number of hydrogen-bond donors (Lipinski definition) is 0. The Labute approximate surface area is 515 Å². The molecule has 0 radical (unpaired) electrons. The molecule has 0 bridgehead atoms. The van der Waals surface area contributed by atoms with E-state index in [1.165, 1.54) is 55.0 Å². The molecule has 0 amide bonds. The van der Waals surface area contributed by atoms with Gasteiger partial charge in [0.25, 0.3) is 26.9 Å². The Morgan fingerprint density at radius 3 is 1.02 bits per heavy atom. The largest absolute Gasteiger partial charge is 0.457 e. The summed E-state index contributed by atoms with van der Waals surface area (Å²) in [7, 11) is 0. The van der Waals surface area contributed by atoms with Crippen LogP contribution in [0.1, 0.15) is 36.1 Å². The van der Waals surface area contributed by atoms with E-state index in [9.17, 15) is 10.5 Å². The average Bonchev–Trinajstić information content (AvgIpc) is 1.22. The van der Waals surface area contributed by atoms with E-state index in [2.05, 4.69) is 264 Å². The molecule has 0 saturated carbocycles. The van der Waals surface area contributed by atoms with Gasteiger partial charge in [-0.15, -0.1) is 0 Å². The van der Waals surface area contributed by atoms with Crippen molar-refractivity contribution in [3.63, 3.8) is 0 Å². The standard InChI is InChI=1S/C77H44B4N6O2/c1-77(2)49-39-63-57(80-53-27-11-17-33-61(53)86-59-31-15-9-25-51(59)78-55-29-13-19-35-65(55)88-75-47(41-82)71(67(80)73(86)69(75)78)84(63)43-21-5-3-6-22-43)37-45(49)46-38-58-64(40-50(46)77)85(44-23-7-4-8-24-44)72-48(42-83)76-70-74-68(72)81(58)54-28-12-18-34-62(54)87(74)60-32-16-10-26-52(60)79(70)56-30-14-20-36-66(56)89-76/h3-40H,1-2H3. The van der Waals surface area contributed by atoms with Crippen molar-refractivity contribution in [3.8, 4) is 46.3 Å². The molecule has 0 aromatic heterocycles. The van der Waals surface area contributed by atoms with Crippen molar-refractivity contribution in [3.05, 3.63) is 253 Å². The molecule has 8 heterocycles. The van der Waals surface area contributed by atoms with Gasteiger partial charge in [-0.1, -0.05) is 172 Å². The smallest absolute Gasteiger partial charge is 0.256 e. The first-order valence-corrected chi connectivity index (χ1v) is 30.8. The molecule has 0 fully saturated rings. The summed E-state index contributed by atoms with van der Waals surface area (Å²) < 4.78 is 14.4. The zero-order valence-corrected chi connectivity index (χ0v) is 48.2. The molecule has 12 aromatic rings. The summed E-state index contributed by atoms with van der Waals surface area (Å²) in [5, 5.41) is 24.0. The van der Waals surface area contributed by atoms with Crippen molar-refractivity contribution >= 4 is 161 Å². The van der Waals surface area contributed by atoms with E-state index < -0.39 is 5.41 Å². The Bertz CT molecular complexity index is 5090. The molecular weight excluding hydrogens is 1080 g/mol. The zero-order valence-electron chi connectivity index (χ0n) is 48.2. The van der Waals surface area contributed by atoms with Gasteiger partial charge in [0.05, 0.1) is 11.4 Å². The van der Waals surface area contributed by atoms with Gasteiger partial charge in [0, 0.05) is 62.3 Å². The third kappa shape index (κ3) is 5.67. The predicted octanol–water partition coefficient (Wildman–Crippen LogP) is 9.77. The predicted molar refractivity (Wildman–Crippen MR) is 364 cm³/mol. The van der Waals surface area contributed by atoms with Gasteiger partial charge in [0.15, 0.2) is 0 Å². The number of rotatable bonds is 2. The fourth-order valence-corrected chi connectivity index (χ4v) is 17.8. The van der Waals surface area contributed by atoms with E-state index in [0.717, 1.165) is 113 Å². The Balaban J connectivity index is 0.861. The van der Waals surface area contributed by atoms with Crippen molar-refractivity contribution in [2.24, 2.45) is 0 Å². The van der Waals surface area contributed by atoms with E-state index in [1.54, 1.807) is 0 Å². The molecule has 8 aliphatic heterocycles. The minimum atomic E-state index is -0.532. The number of hydrogen-bond acceptors (Lipinski definition) is 8. The molecular formula is C77H44B4N6O2. The van der Waals surface area contributed by atoms with Gasteiger partial charge in [-0.25, -0.2) is 0 Å². The second-order valence-corrected chi connectivity index (χ2v) is 25.5. The third-order valence-electron chi connectivity index (χ3n) is 21.2. The number of nitrogens with zero attached hydrogens (tertiary/aromatic N) is 6. The first-order valence-electron chi connectivity index (χ1n) is 30.8. The van der Waals surface area contributed by atoms with E-state index >= 15 is 0 Å². The van der Waals surface area contributed by atoms with Gasteiger partial charge in [0.2, 0.25) is 0 Å². The SMILES string of the molecule is CC1(C)c2cc3c(cc2-c2cc4c(cc21)N(c1ccccc1)c1c(C#N)c2c5c6c1B4c1ccccc1N6c1ccccc1B5c1ccccc1O2)B1c2ccccc2N2c4ccccc4B4c5ccccc5Oc5c(C#N)c(c1c2c54)N3c1ccccc1. The lowest BCUT2D eigenvalue weighted by molar-refractivity contribution is 0.486. The third-order valence-corrected chi connectivity index (χ3v) is 21.2. The Hall–Kier alpha value is -11.3. The van der Waals surface area contributed by atoms with Gasteiger partial charge in [0.1, 0.15) is 46.3 Å². The van der Waals surface area contributed by atoms with E-state index in [0.29, 0.717) is 22.6 Å². The Kier molecular flexibility index (Phi) is 8.93. The molecule has 0 spiro atoms. The van der Waals surface area contributed by atoms with Gasteiger partial charge >= 0.3 is 0 Å². The zero-order chi connectivity index (χ0) is 58.4. The maximum absolute atomic E-state index is 12.0. The first-order chi connectivity index (χ1) is 43.9. The molecule has 8 nitrogen and oxygen atoms in total. The molecule has 406 valence electrons. The van der Waals surface area contributed by atoms with Crippen LogP contribution in [0.5, 0.6) is 23.0 Å². The highest BCUT2D eigenvalue weighted by Gasteiger charge is 2.56. The van der Waals surface area contributed by atoms with Crippen LogP contribution in [0.15, 0.2) is 231 Å². The highest BCUT2D eigenvalue weighted by Crippen LogP contribution is 2.57. The fourth-order valence-electron chi connectivity index (χ4n) is 17.8. The van der Waals surface area contributed by atoms with Crippen LogP contribution in [0.2, 0.25) is 0 Å². The number of fused-ring (bicyclic) bond motifs is 23. The topological polar surface area (TPSA) is 79.0 Å². The molecule has 89 heavy (non-hydrogen) atoms. The van der Waals surface area contributed by atoms with Gasteiger partial charge in [-0.3, -0.25) is 0 Å². The summed E-state index contributed by atoms with van der Waals surface area (Å²) in [6.45, 7) is 3.88. The maximum atomic E-state index is 12.0. The molecule has 12 heteroatoms. The molecule has 0 N–H and O–H groups in total. The van der Waals surface area contributed by atoms with Crippen LogP contribution in [0, 0.1) is 22.7 Å². The van der Waals surface area contributed by atoms with Gasteiger partial charge in [-0.05, 0) is 161 Å². The summed E-state index contributed by atoms with van der Waals surface area (Å²) in [5.74, 6) is 2.78. The molecule has 0 atom stereocenters. The van der Waals surface area contributed by atoms with Crippen molar-refractivity contribution in [1.82, 2.24) is 0 Å². The van der Waals surface area contributed by atoms with Crippen LogP contribution >= 0.6 is 0 Å². The summed E-state index contributed by atoms with van der Waals surface area (Å²) in [4.78, 5) is 9.72. The van der Waals surface area contributed by atoms with Crippen molar-refractivity contribution in [1.29, 1.82) is 10.5 Å². The number of ether oxygens (including phenoxy) is 2. The van der Waals surface area contributed by atoms with Crippen molar-refractivity contribution in [2.45, 2.75) is 19.3 Å². The fraction of sp³-hybridized carbons (Fsp3) is 0.0390. The second kappa shape index (κ2) is 16.6. The lowest BCUT2D eigenvalue weighted by atomic mass is 9.28. The summed E-state index contributed by atoms with van der Waals surface area (Å²) in [6, 6.07) is 89.2. The van der Waals surface area contributed by atoms with Crippen molar-refractivity contribution < 1.29 is 9.47 Å². The summed E-state index contributed by atoms with van der Waals surface area (Å²) in [6.07, 6.45) is 0. The van der Waals surface area contributed by atoms with Crippen LogP contribution in [0.4, 0.5) is 68.2 Å². The molecule has 0 unspecified atom stereocenters. The van der Waals surface area contributed by atoms with E-state index in [-0.39, 0.29) is 26.9 Å². The lowest BCUT2D eigenvalue weighted by Gasteiger charge is -2.49.